The summed E-state index contributed by atoms with van der Waals surface area (Å²) in [5, 5.41) is 3.78. The first kappa shape index (κ1) is 13.3. The normalized spacial score (nSPS) is 10.6. The van der Waals surface area contributed by atoms with Crippen LogP contribution in [0.15, 0.2) is 23.6 Å². The van der Waals surface area contributed by atoms with Crippen LogP contribution in [0.4, 0.5) is 0 Å². The zero-order valence-electron chi connectivity index (χ0n) is 10.1. The van der Waals surface area contributed by atoms with Crippen LogP contribution in [0.5, 0.6) is 5.75 Å². The zero-order chi connectivity index (χ0) is 13.0. The minimum absolute atomic E-state index is 0.367. The topological polar surface area (TPSA) is 48.1 Å². The minimum atomic E-state index is 0.367. The van der Waals surface area contributed by atoms with Gasteiger partial charge in [0.1, 0.15) is 12.4 Å². The summed E-state index contributed by atoms with van der Waals surface area (Å²) in [7, 11) is 0. The predicted molar refractivity (Wildman–Crippen MR) is 75.2 cm³/mol. The molecule has 2 N–H and O–H groups in total. The van der Waals surface area contributed by atoms with Crippen LogP contribution in [0, 0.1) is 0 Å². The molecule has 2 rings (SSSR count). The summed E-state index contributed by atoms with van der Waals surface area (Å²) in [6, 6.07) is 5.55. The third-order valence-electron chi connectivity index (χ3n) is 2.56. The van der Waals surface area contributed by atoms with E-state index < -0.39 is 0 Å². The molecule has 0 radical (unpaired) electrons. The highest BCUT2D eigenvalue weighted by molar-refractivity contribution is 7.09. The third kappa shape index (κ3) is 3.02. The summed E-state index contributed by atoms with van der Waals surface area (Å²) in [6.07, 6.45) is 0.954. The zero-order valence-corrected chi connectivity index (χ0v) is 11.7. The Labute approximate surface area is 116 Å². The average Bonchev–Trinajstić information content (AvgIpc) is 2.84. The van der Waals surface area contributed by atoms with E-state index in [2.05, 4.69) is 11.9 Å². The van der Waals surface area contributed by atoms with Crippen molar-refractivity contribution >= 4 is 22.9 Å². The highest BCUT2D eigenvalue weighted by atomic mass is 35.5. The lowest BCUT2D eigenvalue weighted by Gasteiger charge is -2.10. The van der Waals surface area contributed by atoms with Crippen LogP contribution < -0.4 is 10.5 Å². The van der Waals surface area contributed by atoms with Crippen molar-refractivity contribution in [2.24, 2.45) is 5.73 Å². The van der Waals surface area contributed by atoms with Gasteiger partial charge >= 0.3 is 0 Å². The second-order valence-corrected chi connectivity index (χ2v) is 5.15. The average molecular weight is 283 g/mol. The number of thiazole rings is 1. The number of halogens is 1. The Hall–Kier alpha value is -1.10. The van der Waals surface area contributed by atoms with E-state index in [1.165, 1.54) is 0 Å². The molecule has 0 saturated carbocycles. The van der Waals surface area contributed by atoms with Gasteiger partial charge in [-0.3, -0.25) is 0 Å². The highest BCUT2D eigenvalue weighted by Gasteiger charge is 2.07. The first-order chi connectivity index (χ1) is 8.74. The first-order valence-corrected chi connectivity index (χ1v) is 7.04. The molecule has 0 amide bonds. The maximum Gasteiger partial charge on any atom is 0.131 e. The van der Waals surface area contributed by atoms with Crippen LogP contribution in [0.2, 0.25) is 5.02 Å². The number of benzene rings is 1. The molecule has 0 aliphatic carbocycles. The molecule has 0 spiro atoms. The summed E-state index contributed by atoms with van der Waals surface area (Å²) in [6.45, 7) is 2.91. The number of rotatable bonds is 5. The Bertz CT molecular complexity index is 527. The fourth-order valence-electron chi connectivity index (χ4n) is 1.60. The quantitative estimate of drug-likeness (QED) is 0.914. The summed E-state index contributed by atoms with van der Waals surface area (Å²) in [5.74, 6) is 0.732. The number of ether oxygens (including phenoxy) is 1. The Morgan fingerprint density at radius 3 is 2.94 bits per heavy atom. The Morgan fingerprint density at radius 2 is 2.28 bits per heavy atom. The van der Waals surface area contributed by atoms with Gasteiger partial charge < -0.3 is 10.5 Å². The second-order valence-electron chi connectivity index (χ2n) is 3.80. The molecular formula is C13H15ClN2OS. The Kier molecular flexibility index (Phi) is 4.58. The van der Waals surface area contributed by atoms with Crippen LogP contribution >= 0.6 is 22.9 Å². The fourth-order valence-corrected chi connectivity index (χ4v) is 2.57. The van der Waals surface area contributed by atoms with Gasteiger partial charge in [-0.05, 0) is 18.6 Å². The van der Waals surface area contributed by atoms with Gasteiger partial charge in [0.25, 0.3) is 0 Å². The van der Waals surface area contributed by atoms with Gasteiger partial charge in [0.05, 0.1) is 10.7 Å². The largest absolute Gasteiger partial charge is 0.487 e. The molecule has 0 bridgehead atoms. The van der Waals surface area contributed by atoms with Crippen molar-refractivity contribution in [3.8, 4) is 5.75 Å². The number of hydrogen-bond acceptors (Lipinski definition) is 4. The smallest absolute Gasteiger partial charge is 0.131 e. The van der Waals surface area contributed by atoms with Crippen molar-refractivity contribution in [3.63, 3.8) is 0 Å². The molecule has 1 aromatic carbocycles. The molecule has 5 heteroatoms. The lowest BCUT2D eigenvalue weighted by molar-refractivity contribution is 0.299. The molecule has 18 heavy (non-hydrogen) atoms. The van der Waals surface area contributed by atoms with Crippen molar-refractivity contribution in [2.45, 2.75) is 26.5 Å². The highest BCUT2D eigenvalue weighted by Crippen LogP contribution is 2.26. The van der Waals surface area contributed by atoms with Gasteiger partial charge in [-0.1, -0.05) is 24.6 Å². The fraction of sp³-hybridized carbons (Fsp3) is 0.308. The van der Waals surface area contributed by atoms with E-state index in [-0.39, 0.29) is 0 Å². The van der Waals surface area contributed by atoms with E-state index in [4.69, 9.17) is 22.1 Å². The second kappa shape index (κ2) is 6.18. The standard InChI is InChI=1S/C13H15ClN2OS/c1-2-13-16-9(8-18-13)7-17-12-5-3-4-11(14)10(12)6-15/h3-5,8H,2,6-7,15H2,1H3. The van der Waals surface area contributed by atoms with Gasteiger partial charge in [-0.15, -0.1) is 11.3 Å². The van der Waals surface area contributed by atoms with Gasteiger partial charge in [0, 0.05) is 22.5 Å². The van der Waals surface area contributed by atoms with Crippen LogP contribution in [-0.2, 0) is 19.6 Å². The molecule has 2 aromatic rings. The molecule has 3 nitrogen and oxygen atoms in total. The molecule has 0 unspecified atom stereocenters. The first-order valence-electron chi connectivity index (χ1n) is 5.78. The van der Waals surface area contributed by atoms with E-state index in [0.29, 0.717) is 18.2 Å². The van der Waals surface area contributed by atoms with Crippen LogP contribution in [0.3, 0.4) is 0 Å². The SMILES string of the molecule is CCc1nc(COc2cccc(Cl)c2CN)cs1. The van der Waals surface area contributed by atoms with E-state index in [1.54, 1.807) is 11.3 Å². The number of aryl methyl sites for hydroxylation is 1. The van der Waals surface area contributed by atoms with Gasteiger partial charge in [-0.2, -0.15) is 0 Å². The minimum Gasteiger partial charge on any atom is -0.487 e. The van der Waals surface area contributed by atoms with Gasteiger partial charge in [0.2, 0.25) is 0 Å². The van der Waals surface area contributed by atoms with Crippen LogP contribution in [0.25, 0.3) is 0 Å². The Balaban J connectivity index is 2.08. The van der Waals surface area contributed by atoms with Gasteiger partial charge in [-0.25, -0.2) is 4.98 Å². The Morgan fingerprint density at radius 1 is 1.44 bits per heavy atom. The van der Waals surface area contributed by atoms with Crippen molar-refractivity contribution in [3.05, 3.63) is 44.9 Å². The number of hydrogen-bond donors (Lipinski definition) is 1. The molecule has 96 valence electrons. The molecule has 1 heterocycles. The summed E-state index contributed by atoms with van der Waals surface area (Å²) >= 11 is 7.72. The molecule has 1 aromatic heterocycles. The maximum absolute atomic E-state index is 6.06. The number of nitrogens with two attached hydrogens (primary N) is 1. The third-order valence-corrected chi connectivity index (χ3v) is 3.95. The van der Waals surface area contributed by atoms with E-state index >= 15 is 0 Å². The maximum atomic E-state index is 6.06. The lowest BCUT2D eigenvalue weighted by atomic mass is 10.2. The van der Waals surface area contributed by atoms with Crippen molar-refractivity contribution < 1.29 is 4.74 Å². The van der Waals surface area contributed by atoms with Gasteiger partial charge in [0.15, 0.2) is 0 Å². The van der Waals surface area contributed by atoms with E-state index in [0.717, 1.165) is 28.4 Å². The molecule has 0 saturated heterocycles. The van der Waals surface area contributed by atoms with Crippen molar-refractivity contribution in [1.29, 1.82) is 0 Å². The van der Waals surface area contributed by atoms with E-state index in [9.17, 15) is 0 Å². The number of aromatic nitrogens is 1. The van der Waals surface area contributed by atoms with Crippen LogP contribution in [0.1, 0.15) is 23.2 Å². The predicted octanol–water partition coefficient (Wildman–Crippen LogP) is 3.40. The molecule has 0 aliphatic heterocycles. The van der Waals surface area contributed by atoms with Crippen LogP contribution in [-0.4, -0.2) is 4.98 Å². The molecular weight excluding hydrogens is 268 g/mol. The molecule has 0 aliphatic rings. The number of nitrogens with zero attached hydrogens (tertiary/aromatic N) is 1. The monoisotopic (exact) mass is 282 g/mol. The molecule has 0 atom stereocenters. The van der Waals surface area contributed by atoms with Crippen molar-refractivity contribution in [1.82, 2.24) is 4.98 Å². The molecule has 0 fully saturated rings. The lowest BCUT2D eigenvalue weighted by Crippen LogP contribution is -2.03. The van der Waals surface area contributed by atoms with E-state index in [1.807, 2.05) is 23.6 Å². The summed E-state index contributed by atoms with van der Waals surface area (Å²) in [5.41, 5.74) is 7.45. The van der Waals surface area contributed by atoms with Crippen molar-refractivity contribution in [2.75, 3.05) is 0 Å². The summed E-state index contributed by atoms with van der Waals surface area (Å²) in [4.78, 5) is 4.45. The summed E-state index contributed by atoms with van der Waals surface area (Å²) < 4.78 is 5.73.